The number of aryl methyl sites for hydroxylation is 2. The van der Waals surface area contributed by atoms with Crippen LogP contribution in [0.1, 0.15) is 29.9 Å². The van der Waals surface area contributed by atoms with Crippen molar-refractivity contribution in [1.82, 2.24) is 14.8 Å². The normalized spacial score (nSPS) is 12.5. The van der Waals surface area contributed by atoms with Crippen molar-refractivity contribution in [3.8, 4) is 0 Å². The van der Waals surface area contributed by atoms with E-state index in [9.17, 15) is 4.39 Å². The van der Waals surface area contributed by atoms with Crippen molar-refractivity contribution in [2.45, 2.75) is 26.8 Å². The van der Waals surface area contributed by atoms with Gasteiger partial charge < -0.3 is 5.32 Å². The number of anilines is 1. The van der Waals surface area contributed by atoms with Crippen LogP contribution >= 0.6 is 0 Å². The molecule has 0 amide bonds. The molecule has 2 aromatic rings. The lowest BCUT2D eigenvalue weighted by molar-refractivity contribution is 0.584. The van der Waals surface area contributed by atoms with Gasteiger partial charge in [0, 0.05) is 18.3 Å². The fourth-order valence-corrected chi connectivity index (χ4v) is 2.20. The van der Waals surface area contributed by atoms with Crippen molar-refractivity contribution < 1.29 is 4.39 Å². The first kappa shape index (κ1) is 12.5. The number of hydrogen-bond donors (Lipinski definition) is 1. The van der Waals surface area contributed by atoms with Gasteiger partial charge in [-0.05, 0) is 32.9 Å². The van der Waals surface area contributed by atoms with E-state index in [0.29, 0.717) is 0 Å². The third kappa shape index (κ3) is 2.34. The molecule has 2 rings (SSSR count). The Morgan fingerprint density at radius 1 is 1.33 bits per heavy atom. The molecule has 0 saturated carbocycles. The lowest BCUT2D eigenvalue weighted by Gasteiger charge is -2.15. The Morgan fingerprint density at radius 2 is 2.06 bits per heavy atom. The minimum absolute atomic E-state index is 0.103. The van der Waals surface area contributed by atoms with E-state index in [-0.39, 0.29) is 6.04 Å². The van der Waals surface area contributed by atoms with Crippen LogP contribution in [0.25, 0.3) is 0 Å². The van der Waals surface area contributed by atoms with Crippen LogP contribution in [-0.4, -0.2) is 14.8 Å². The Labute approximate surface area is 106 Å². The monoisotopic (exact) mass is 248 g/mol. The second-order valence-electron chi connectivity index (χ2n) is 4.44. The topological polar surface area (TPSA) is 42.7 Å². The highest BCUT2D eigenvalue weighted by Crippen LogP contribution is 2.24. The van der Waals surface area contributed by atoms with Gasteiger partial charge in [0.1, 0.15) is 0 Å². The van der Waals surface area contributed by atoms with Gasteiger partial charge in [0.2, 0.25) is 5.95 Å². The molecule has 0 aliphatic carbocycles. The quantitative estimate of drug-likeness (QED) is 0.849. The van der Waals surface area contributed by atoms with E-state index in [4.69, 9.17) is 0 Å². The zero-order valence-corrected chi connectivity index (χ0v) is 11.0. The standard InChI is InChI=1S/C13H17FN4/c1-8(13-9(2)17-18(4)10(13)3)16-11-5-6-12(14)15-7-11/h5-8,16H,1-4H3. The molecule has 1 unspecified atom stereocenters. The number of halogens is 1. The van der Waals surface area contributed by atoms with Crippen LogP contribution < -0.4 is 5.32 Å². The molecule has 0 fully saturated rings. The Balaban J connectivity index is 2.21. The molecule has 0 saturated heterocycles. The molecule has 0 bridgehead atoms. The average Bonchev–Trinajstić information content (AvgIpc) is 2.56. The van der Waals surface area contributed by atoms with Gasteiger partial charge in [-0.2, -0.15) is 9.49 Å². The lowest BCUT2D eigenvalue weighted by atomic mass is 10.1. The minimum atomic E-state index is -0.470. The predicted molar refractivity (Wildman–Crippen MR) is 68.9 cm³/mol. The van der Waals surface area contributed by atoms with Gasteiger partial charge in [-0.15, -0.1) is 0 Å². The van der Waals surface area contributed by atoms with Gasteiger partial charge >= 0.3 is 0 Å². The van der Waals surface area contributed by atoms with E-state index in [1.54, 1.807) is 6.07 Å². The predicted octanol–water partition coefficient (Wildman–Crippen LogP) is 2.74. The van der Waals surface area contributed by atoms with Crippen molar-refractivity contribution in [2.24, 2.45) is 7.05 Å². The smallest absolute Gasteiger partial charge is 0.212 e. The molecule has 1 atom stereocenters. The first-order valence-corrected chi connectivity index (χ1v) is 5.87. The molecular weight excluding hydrogens is 231 g/mol. The molecule has 5 heteroatoms. The summed E-state index contributed by atoms with van der Waals surface area (Å²) < 4.78 is 14.6. The first-order valence-electron chi connectivity index (χ1n) is 5.87. The van der Waals surface area contributed by atoms with Crippen LogP contribution in [0.2, 0.25) is 0 Å². The van der Waals surface area contributed by atoms with Gasteiger partial charge in [-0.3, -0.25) is 4.68 Å². The molecule has 2 heterocycles. The maximum atomic E-state index is 12.7. The van der Waals surface area contributed by atoms with Crippen molar-refractivity contribution in [2.75, 3.05) is 5.32 Å². The summed E-state index contributed by atoms with van der Waals surface area (Å²) in [5.74, 6) is -0.470. The summed E-state index contributed by atoms with van der Waals surface area (Å²) in [5, 5.41) is 7.69. The highest BCUT2D eigenvalue weighted by atomic mass is 19.1. The maximum absolute atomic E-state index is 12.7. The SMILES string of the molecule is Cc1nn(C)c(C)c1C(C)Nc1ccc(F)nc1. The number of rotatable bonds is 3. The van der Waals surface area contributed by atoms with Crippen molar-refractivity contribution in [1.29, 1.82) is 0 Å². The molecule has 2 aromatic heterocycles. The lowest BCUT2D eigenvalue weighted by Crippen LogP contribution is -2.09. The van der Waals surface area contributed by atoms with Crippen LogP contribution in [0.5, 0.6) is 0 Å². The van der Waals surface area contributed by atoms with Gasteiger partial charge in [-0.25, -0.2) is 4.98 Å². The second kappa shape index (κ2) is 4.76. The Morgan fingerprint density at radius 3 is 2.56 bits per heavy atom. The molecule has 1 N–H and O–H groups in total. The van der Waals surface area contributed by atoms with Crippen LogP contribution in [0, 0.1) is 19.8 Å². The van der Waals surface area contributed by atoms with E-state index < -0.39 is 5.95 Å². The Kier molecular flexibility index (Phi) is 3.32. The largest absolute Gasteiger partial charge is 0.377 e. The third-order valence-corrected chi connectivity index (χ3v) is 3.11. The van der Waals surface area contributed by atoms with Crippen molar-refractivity contribution >= 4 is 5.69 Å². The molecule has 0 radical (unpaired) electrons. The fourth-order valence-electron chi connectivity index (χ4n) is 2.20. The molecule has 0 aliphatic heterocycles. The van der Waals surface area contributed by atoms with Crippen LogP contribution in [0.15, 0.2) is 18.3 Å². The van der Waals surface area contributed by atoms with Gasteiger partial charge in [0.05, 0.1) is 23.6 Å². The van der Waals surface area contributed by atoms with E-state index in [1.807, 2.05) is 25.6 Å². The Hall–Kier alpha value is -1.91. The summed E-state index contributed by atoms with van der Waals surface area (Å²) in [6.45, 7) is 6.08. The first-order chi connectivity index (χ1) is 8.49. The summed E-state index contributed by atoms with van der Waals surface area (Å²) in [7, 11) is 1.93. The number of nitrogens with zero attached hydrogens (tertiary/aromatic N) is 3. The second-order valence-corrected chi connectivity index (χ2v) is 4.44. The van der Waals surface area contributed by atoms with Gasteiger partial charge in [0.25, 0.3) is 0 Å². The molecule has 0 aromatic carbocycles. The third-order valence-electron chi connectivity index (χ3n) is 3.11. The van der Waals surface area contributed by atoms with Crippen molar-refractivity contribution in [3.63, 3.8) is 0 Å². The summed E-state index contributed by atoms with van der Waals surface area (Å²) in [4.78, 5) is 3.63. The summed E-state index contributed by atoms with van der Waals surface area (Å²) >= 11 is 0. The molecule has 4 nitrogen and oxygen atoms in total. The molecule has 96 valence electrons. The maximum Gasteiger partial charge on any atom is 0.212 e. The van der Waals surface area contributed by atoms with Crippen molar-refractivity contribution in [3.05, 3.63) is 41.2 Å². The van der Waals surface area contributed by atoms with E-state index in [2.05, 4.69) is 22.3 Å². The Bertz CT molecular complexity index is 545. The summed E-state index contributed by atoms with van der Waals surface area (Å²) in [5.41, 5.74) is 4.10. The van der Waals surface area contributed by atoms with E-state index >= 15 is 0 Å². The highest BCUT2D eigenvalue weighted by Gasteiger charge is 2.16. The molecule has 0 spiro atoms. The van der Waals surface area contributed by atoms with E-state index in [1.165, 1.54) is 17.8 Å². The number of nitrogens with one attached hydrogen (secondary N) is 1. The molecular formula is C13H17FN4. The van der Waals surface area contributed by atoms with Gasteiger partial charge in [-0.1, -0.05) is 0 Å². The molecule has 0 aliphatic rings. The fraction of sp³-hybridized carbons (Fsp3) is 0.385. The number of hydrogen-bond acceptors (Lipinski definition) is 3. The van der Waals surface area contributed by atoms with E-state index in [0.717, 1.165) is 17.1 Å². The number of aromatic nitrogens is 3. The zero-order valence-electron chi connectivity index (χ0n) is 11.0. The number of pyridine rings is 1. The van der Waals surface area contributed by atoms with Gasteiger partial charge in [0.15, 0.2) is 0 Å². The average molecular weight is 248 g/mol. The van der Waals surface area contributed by atoms with Crippen LogP contribution in [0.3, 0.4) is 0 Å². The summed E-state index contributed by atoms with van der Waals surface area (Å²) in [6.07, 6.45) is 1.49. The minimum Gasteiger partial charge on any atom is -0.377 e. The van der Waals surface area contributed by atoms with Crippen LogP contribution in [-0.2, 0) is 7.05 Å². The van der Waals surface area contributed by atoms with Crippen LogP contribution in [0.4, 0.5) is 10.1 Å². The molecule has 18 heavy (non-hydrogen) atoms. The summed E-state index contributed by atoms with van der Waals surface area (Å²) in [6, 6.07) is 3.13. The zero-order chi connectivity index (χ0) is 13.3. The highest BCUT2D eigenvalue weighted by molar-refractivity contribution is 5.44.